The quantitative estimate of drug-likeness (QED) is 0.783. The molecule has 0 atom stereocenters. The van der Waals surface area contributed by atoms with Crippen molar-refractivity contribution in [2.75, 3.05) is 5.73 Å². The lowest BCUT2D eigenvalue weighted by Gasteiger charge is -1.88. The fraction of sp³-hybridized carbons (Fsp3) is 0. The molecule has 2 rings (SSSR count). The van der Waals surface area contributed by atoms with Crippen molar-refractivity contribution in [3.05, 3.63) is 18.8 Å². The van der Waals surface area contributed by atoms with Gasteiger partial charge in [-0.05, 0) is 44.6 Å². The van der Waals surface area contributed by atoms with Crippen LogP contribution in [0, 0.1) is 2.88 Å². The summed E-state index contributed by atoms with van der Waals surface area (Å²) in [5.41, 5.74) is 6.54. The van der Waals surface area contributed by atoms with E-state index in [2.05, 4.69) is 43.7 Å². The highest BCUT2D eigenvalue weighted by molar-refractivity contribution is 14.1. The maximum Gasteiger partial charge on any atom is 0.184 e. The maximum atomic E-state index is 5.53. The summed E-state index contributed by atoms with van der Waals surface area (Å²) in [6.07, 6.45) is 0. The summed E-state index contributed by atoms with van der Waals surface area (Å²) in [4.78, 5) is 0. The monoisotopic (exact) mass is 370 g/mol. The van der Waals surface area contributed by atoms with E-state index in [1.54, 1.807) is 11.3 Å². The van der Waals surface area contributed by atoms with Gasteiger partial charge >= 0.3 is 0 Å². The van der Waals surface area contributed by atoms with Gasteiger partial charge in [0.05, 0.1) is 2.88 Å². The molecule has 0 bridgehead atoms. The van der Waals surface area contributed by atoms with E-state index in [0.717, 1.165) is 10.0 Å². The third kappa shape index (κ3) is 1.75. The summed E-state index contributed by atoms with van der Waals surface area (Å²) in [7, 11) is 0. The Morgan fingerprint density at radius 2 is 2.38 bits per heavy atom. The van der Waals surface area contributed by atoms with Crippen molar-refractivity contribution in [1.82, 2.24) is 5.16 Å². The summed E-state index contributed by atoms with van der Waals surface area (Å²) in [5.74, 6) is 1.08. The second kappa shape index (κ2) is 3.58. The average Bonchev–Trinajstić information content (AvgIpc) is 2.62. The fourth-order valence-electron chi connectivity index (χ4n) is 0.900. The van der Waals surface area contributed by atoms with Crippen LogP contribution in [0.3, 0.4) is 0 Å². The first-order valence-corrected chi connectivity index (χ1v) is 6.08. The molecule has 2 aromatic rings. The van der Waals surface area contributed by atoms with E-state index in [9.17, 15) is 0 Å². The van der Waals surface area contributed by atoms with Crippen LogP contribution >= 0.6 is 49.9 Å². The number of anilines is 1. The molecule has 0 unspecified atom stereocenters. The van der Waals surface area contributed by atoms with Crippen molar-refractivity contribution in [1.29, 1.82) is 0 Å². The molecule has 0 aliphatic heterocycles. The highest BCUT2D eigenvalue weighted by atomic mass is 127. The first kappa shape index (κ1) is 9.47. The minimum absolute atomic E-state index is 0.385. The number of hydrogen-bond donors (Lipinski definition) is 1. The molecule has 0 fully saturated rings. The Hall–Kier alpha value is -0.0800. The fourth-order valence-corrected chi connectivity index (χ4v) is 2.60. The molecule has 6 heteroatoms. The smallest absolute Gasteiger partial charge is 0.184 e. The summed E-state index contributed by atoms with van der Waals surface area (Å²) < 4.78 is 7.00. The SMILES string of the molecule is Nc1noc(-c2csc(I)c2)c1Br. The van der Waals surface area contributed by atoms with Crippen molar-refractivity contribution in [2.24, 2.45) is 0 Å². The summed E-state index contributed by atoms with van der Waals surface area (Å²) in [6.45, 7) is 0. The van der Waals surface area contributed by atoms with E-state index < -0.39 is 0 Å². The summed E-state index contributed by atoms with van der Waals surface area (Å²) in [5, 5.41) is 5.67. The van der Waals surface area contributed by atoms with Crippen LogP contribution in [0.4, 0.5) is 5.82 Å². The topological polar surface area (TPSA) is 52.0 Å². The van der Waals surface area contributed by atoms with Crippen LogP contribution in [0.5, 0.6) is 0 Å². The first-order chi connectivity index (χ1) is 6.18. The number of nitrogen functional groups attached to an aromatic ring is 1. The van der Waals surface area contributed by atoms with E-state index in [4.69, 9.17) is 10.3 Å². The van der Waals surface area contributed by atoms with Crippen LogP contribution in [-0.2, 0) is 0 Å². The van der Waals surface area contributed by atoms with Gasteiger partial charge in [-0.15, -0.1) is 11.3 Å². The van der Waals surface area contributed by atoms with Crippen molar-refractivity contribution < 1.29 is 4.52 Å². The van der Waals surface area contributed by atoms with Gasteiger partial charge in [-0.1, -0.05) is 5.16 Å². The minimum Gasteiger partial charge on any atom is -0.380 e. The minimum atomic E-state index is 0.385. The Kier molecular flexibility index (Phi) is 2.61. The largest absolute Gasteiger partial charge is 0.380 e. The molecule has 2 heterocycles. The van der Waals surface area contributed by atoms with Crippen LogP contribution in [0.25, 0.3) is 11.3 Å². The van der Waals surface area contributed by atoms with Gasteiger partial charge in [0, 0.05) is 10.9 Å². The molecule has 0 aromatic carbocycles. The second-order valence-corrected chi connectivity index (χ2v) is 5.95. The van der Waals surface area contributed by atoms with Gasteiger partial charge in [-0.2, -0.15) is 0 Å². The van der Waals surface area contributed by atoms with Crippen LogP contribution in [-0.4, -0.2) is 5.16 Å². The van der Waals surface area contributed by atoms with Crippen LogP contribution in [0.15, 0.2) is 20.4 Å². The lowest BCUT2D eigenvalue weighted by molar-refractivity contribution is 0.435. The molecule has 68 valence electrons. The van der Waals surface area contributed by atoms with E-state index in [0.29, 0.717) is 11.6 Å². The molecule has 0 aliphatic rings. The number of thiophene rings is 1. The van der Waals surface area contributed by atoms with Gasteiger partial charge in [0.25, 0.3) is 0 Å². The third-order valence-electron chi connectivity index (χ3n) is 1.49. The normalized spacial score (nSPS) is 10.6. The zero-order valence-electron chi connectivity index (χ0n) is 6.25. The Labute approximate surface area is 101 Å². The van der Waals surface area contributed by atoms with Crippen LogP contribution in [0.1, 0.15) is 0 Å². The third-order valence-corrected chi connectivity index (χ3v) is 4.04. The average molecular weight is 371 g/mol. The molecule has 0 amide bonds. The van der Waals surface area contributed by atoms with Gasteiger partial charge in [0.1, 0.15) is 4.47 Å². The zero-order chi connectivity index (χ0) is 9.42. The van der Waals surface area contributed by atoms with Gasteiger partial charge in [-0.25, -0.2) is 0 Å². The Morgan fingerprint density at radius 3 is 2.85 bits per heavy atom. The summed E-state index contributed by atoms with van der Waals surface area (Å²) in [6, 6.07) is 2.02. The molecule has 0 radical (unpaired) electrons. The Balaban J connectivity index is 2.52. The van der Waals surface area contributed by atoms with E-state index in [1.165, 1.54) is 2.88 Å². The van der Waals surface area contributed by atoms with Crippen molar-refractivity contribution in [3.8, 4) is 11.3 Å². The lowest BCUT2D eigenvalue weighted by atomic mass is 10.3. The van der Waals surface area contributed by atoms with Gasteiger partial charge < -0.3 is 10.3 Å². The van der Waals surface area contributed by atoms with Crippen molar-refractivity contribution >= 4 is 55.7 Å². The summed E-state index contributed by atoms with van der Waals surface area (Å²) >= 11 is 7.23. The molecular weight excluding hydrogens is 367 g/mol. The molecule has 2 aromatic heterocycles. The lowest BCUT2D eigenvalue weighted by Crippen LogP contribution is -1.82. The number of aromatic nitrogens is 1. The van der Waals surface area contributed by atoms with E-state index >= 15 is 0 Å². The molecule has 0 aliphatic carbocycles. The number of halogens is 2. The van der Waals surface area contributed by atoms with Crippen LogP contribution < -0.4 is 5.73 Å². The highest BCUT2D eigenvalue weighted by Gasteiger charge is 2.13. The van der Waals surface area contributed by atoms with Gasteiger partial charge in [0.15, 0.2) is 11.6 Å². The second-order valence-electron chi connectivity index (χ2n) is 2.35. The Bertz CT molecular complexity index is 439. The van der Waals surface area contributed by atoms with E-state index in [-0.39, 0.29) is 0 Å². The Morgan fingerprint density at radius 1 is 1.62 bits per heavy atom. The zero-order valence-corrected chi connectivity index (χ0v) is 10.8. The predicted molar refractivity (Wildman–Crippen MR) is 64.6 cm³/mol. The van der Waals surface area contributed by atoms with Gasteiger partial charge in [-0.3, -0.25) is 0 Å². The molecule has 0 saturated heterocycles. The maximum absolute atomic E-state index is 5.53. The predicted octanol–water partition coefficient (Wildman–Crippen LogP) is 3.35. The standard InChI is InChI=1S/C7H4BrIN2OS/c8-5-6(12-11-7(5)10)3-1-4(9)13-2-3/h1-2H,(H2,10,11). The molecule has 3 nitrogen and oxygen atoms in total. The molecule has 13 heavy (non-hydrogen) atoms. The molecule has 0 spiro atoms. The van der Waals surface area contributed by atoms with Crippen molar-refractivity contribution in [3.63, 3.8) is 0 Å². The molecule has 2 N–H and O–H groups in total. The van der Waals surface area contributed by atoms with E-state index in [1.807, 2.05) is 11.4 Å². The highest BCUT2D eigenvalue weighted by Crippen LogP contribution is 2.35. The van der Waals surface area contributed by atoms with Gasteiger partial charge in [0.2, 0.25) is 0 Å². The molecular formula is C7H4BrIN2OS. The number of hydrogen-bond acceptors (Lipinski definition) is 4. The molecule has 0 saturated carbocycles. The number of nitrogens with zero attached hydrogens (tertiary/aromatic N) is 1. The first-order valence-electron chi connectivity index (χ1n) is 3.33. The number of rotatable bonds is 1. The van der Waals surface area contributed by atoms with Crippen molar-refractivity contribution in [2.45, 2.75) is 0 Å². The van der Waals surface area contributed by atoms with Crippen LogP contribution in [0.2, 0.25) is 0 Å². The number of nitrogens with two attached hydrogens (primary N) is 1.